The number of carbonyl (C=O) groups excluding carboxylic acids is 1. The number of halogens is 1. The predicted molar refractivity (Wildman–Crippen MR) is 71.8 cm³/mol. The highest BCUT2D eigenvalue weighted by atomic mass is 19.1. The minimum Gasteiger partial charge on any atom is -0.494 e. The van der Waals surface area contributed by atoms with Crippen molar-refractivity contribution in [3.8, 4) is 5.75 Å². The van der Waals surface area contributed by atoms with E-state index in [0.29, 0.717) is 5.69 Å². The normalized spacial score (nSPS) is 22.9. The predicted octanol–water partition coefficient (Wildman–Crippen LogP) is 2.30. The fraction of sp³-hybridized carbons (Fsp3) is 0.500. The van der Waals surface area contributed by atoms with E-state index < -0.39 is 11.4 Å². The Balaban J connectivity index is 2.08. The van der Waals surface area contributed by atoms with Gasteiger partial charge in [-0.15, -0.1) is 0 Å². The van der Waals surface area contributed by atoms with Gasteiger partial charge in [0.25, 0.3) is 0 Å². The number of hydrogen-bond donors (Lipinski definition) is 2. The lowest BCUT2D eigenvalue weighted by Crippen LogP contribution is -2.54. The summed E-state index contributed by atoms with van der Waals surface area (Å²) in [6.07, 6.45) is 2.89. The fourth-order valence-electron chi connectivity index (χ4n) is 2.26. The standard InChI is InChI=1S/C14H19FN2O2/c1-14(7-3-4-8-16-14)13(18)17-10-5-6-12(19-2)11(15)9-10/h5-6,9,16H,3-4,7-8H2,1-2H3,(H,17,18). The summed E-state index contributed by atoms with van der Waals surface area (Å²) in [5, 5.41) is 5.97. The molecular weight excluding hydrogens is 247 g/mol. The quantitative estimate of drug-likeness (QED) is 0.882. The van der Waals surface area contributed by atoms with Crippen LogP contribution in [-0.2, 0) is 4.79 Å². The van der Waals surface area contributed by atoms with Crippen molar-refractivity contribution in [2.24, 2.45) is 0 Å². The number of carbonyl (C=O) groups is 1. The zero-order valence-corrected chi connectivity index (χ0v) is 11.3. The summed E-state index contributed by atoms with van der Waals surface area (Å²) in [5.74, 6) is -0.446. The van der Waals surface area contributed by atoms with E-state index in [-0.39, 0.29) is 11.7 Å². The van der Waals surface area contributed by atoms with Gasteiger partial charge in [0.1, 0.15) is 0 Å². The van der Waals surface area contributed by atoms with Crippen molar-refractivity contribution < 1.29 is 13.9 Å². The lowest BCUT2D eigenvalue weighted by atomic mass is 9.90. The van der Waals surface area contributed by atoms with E-state index in [0.717, 1.165) is 25.8 Å². The Kier molecular flexibility index (Phi) is 4.04. The topological polar surface area (TPSA) is 50.4 Å². The first kappa shape index (κ1) is 13.8. The summed E-state index contributed by atoms with van der Waals surface area (Å²) < 4.78 is 18.4. The van der Waals surface area contributed by atoms with Crippen molar-refractivity contribution >= 4 is 11.6 Å². The first-order valence-corrected chi connectivity index (χ1v) is 6.45. The van der Waals surface area contributed by atoms with Gasteiger partial charge in [-0.05, 0) is 44.9 Å². The minimum atomic E-state index is -0.575. The highest BCUT2D eigenvalue weighted by molar-refractivity contribution is 5.97. The van der Waals surface area contributed by atoms with Crippen LogP contribution in [0.5, 0.6) is 5.75 Å². The first-order chi connectivity index (χ1) is 9.05. The molecule has 0 radical (unpaired) electrons. The molecule has 1 heterocycles. The van der Waals surface area contributed by atoms with Gasteiger partial charge in [0.05, 0.1) is 12.6 Å². The molecule has 1 aliphatic heterocycles. The first-order valence-electron chi connectivity index (χ1n) is 6.45. The zero-order valence-electron chi connectivity index (χ0n) is 11.3. The molecule has 1 amide bonds. The summed E-state index contributed by atoms with van der Waals surface area (Å²) in [5.41, 5.74) is -0.133. The van der Waals surface area contributed by atoms with Gasteiger partial charge in [-0.25, -0.2) is 4.39 Å². The second kappa shape index (κ2) is 5.57. The molecule has 0 spiro atoms. The van der Waals surface area contributed by atoms with E-state index in [9.17, 15) is 9.18 Å². The smallest absolute Gasteiger partial charge is 0.244 e. The van der Waals surface area contributed by atoms with Crippen LogP contribution in [0, 0.1) is 5.82 Å². The van der Waals surface area contributed by atoms with E-state index >= 15 is 0 Å². The summed E-state index contributed by atoms with van der Waals surface area (Å²) in [4.78, 5) is 12.2. The van der Waals surface area contributed by atoms with Crippen molar-refractivity contribution in [3.05, 3.63) is 24.0 Å². The Hall–Kier alpha value is -1.62. The van der Waals surface area contributed by atoms with Gasteiger partial charge in [-0.1, -0.05) is 0 Å². The molecule has 1 fully saturated rings. The second-order valence-corrected chi connectivity index (χ2v) is 5.02. The van der Waals surface area contributed by atoms with Crippen LogP contribution in [0.1, 0.15) is 26.2 Å². The molecule has 0 aromatic heterocycles. The van der Waals surface area contributed by atoms with Crippen LogP contribution >= 0.6 is 0 Å². The summed E-state index contributed by atoms with van der Waals surface area (Å²) >= 11 is 0. The van der Waals surface area contributed by atoms with E-state index in [1.807, 2.05) is 6.92 Å². The molecule has 1 aliphatic rings. The Bertz CT molecular complexity index is 471. The second-order valence-electron chi connectivity index (χ2n) is 5.02. The Morgan fingerprint density at radius 2 is 2.26 bits per heavy atom. The highest BCUT2D eigenvalue weighted by Crippen LogP contribution is 2.24. The van der Waals surface area contributed by atoms with Crippen LogP contribution in [0.3, 0.4) is 0 Å². The molecule has 5 heteroatoms. The molecule has 1 saturated heterocycles. The van der Waals surface area contributed by atoms with Crippen LogP contribution in [0.25, 0.3) is 0 Å². The van der Waals surface area contributed by atoms with Gasteiger partial charge in [0.2, 0.25) is 5.91 Å². The largest absolute Gasteiger partial charge is 0.494 e. The molecule has 1 aromatic carbocycles. The minimum absolute atomic E-state index is 0.128. The van der Waals surface area contributed by atoms with E-state index in [1.54, 1.807) is 6.07 Å². The number of methoxy groups -OCH3 is 1. The van der Waals surface area contributed by atoms with Crippen LogP contribution in [0.4, 0.5) is 10.1 Å². The third-order valence-electron chi connectivity index (χ3n) is 3.53. The fourth-order valence-corrected chi connectivity index (χ4v) is 2.26. The third-order valence-corrected chi connectivity index (χ3v) is 3.53. The lowest BCUT2D eigenvalue weighted by molar-refractivity contribution is -0.122. The monoisotopic (exact) mass is 266 g/mol. The molecule has 1 unspecified atom stereocenters. The number of ether oxygens (including phenoxy) is 1. The molecule has 2 rings (SSSR count). The Morgan fingerprint density at radius 3 is 2.84 bits per heavy atom. The van der Waals surface area contributed by atoms with E-state index in [2.05, 4.69) is 10.6 Å². The number of rotatable bonds is 3. The average molecular weight is 266 g/mol. The maximum absolute atomic E-state index is 13.5. The number of benzene rings is 1. The van der Waals surface area contributed by atoms with Crippen molar-refractivity contribution in [2.75, 3.05) is 19.0 Å². The van der Waals surface area contributed by atoms with Crippen LogP contribution in [0.15, 0.2) is 18.2 Å². The van der Waals surface area contributed by atoms with E-state index in [1.165, 1.54) is 19.2 Å². The molecule has 4 nitrogen and oxygen atoms in total. The van der Waals surface area contributed by atoms with Gasteiger partial charge in [0, 0.05) is 11.8 Å². The summed E-state index contributed by atoms with van der Waals surface area (Å²) in [7, 11) is 1.41. The van der Waals surface area contributed by atoms with Crippen molar-refractivity contribution in [3.63, 3.8) is 0 Å². The molecule has 0 bridgehead atoms. The van der Waals surface area contributed by atoms with Crippen LogP contribution in [-0.4, -0.2) is 25.1 Å². The zero-order chi connectivity index (χ0) is 13.9. The molecule has 1 atom stereocenters. The number of anilines is 1. The summed E-state index contributed by atoms with van der Waals surface area (Å²) in [6.45, 7) is 2.71. The molecule has 0 saturated carbocycles. The maximum atomic E-state index is 13.5. The number of amides is 1. The number of nitrogens with one attached hydrogen (secondary N) is 2. The summed E-state index contributed by atoms with van der Waals surface area (Å²) in [6, 6.07) is 4.40. The number of piperidine rings is 1. The highest BCUT2D eigenvalue weighted by Gasteiger charge is 2.34. The molecule has 104 valence electrons. The van der Waals surface area contributed by atoms with Crippen molar-refractivity contribution in [1.29, 1.82) is 0 Å². The van der Waals surface area contributed by atoms with Crippen molar-refractivity contribution in [1.82, 2.24) is 5.32 Å². The Labute approximate surface area is 112 Å². The molecular formula is C14H19FN2O2. The maximum Gasteiger partial charge on any atom is 0.244 e. The van der Waals surface area contributed by atoms with Crippen LogP contribution < -0.4 is 15.4 Å². The molecule has 2 N–H and O–H groups in total. The lowest BCUT2D eigenvalue weighted by Gasteiger charge is -2.33. The molecule has 19 heavy (non-hydrogen) atoms. The third kappa shape index (κ3) is 3.04. The van der Waals surface area contributed by atoms with E-state index in [4.69, 9.17) is 4.74 Å². The average Bonchev–Trinajstić information content (AvgIpc) is 2.40. The van der Waals surface area contributed by atoms with Gasteiger partial charge in [0.15, 0.2) is 11.6 Å². The van der Waals surface area contributed by atoms with Gasteiger partial charge >= 0.3 is 0 Å². The molecule has 1 aromatic rings. The Morgan fingerprint density at radius 1 is 1.47 bits per heavy atom. The van der Waals surface area contributed by atoms with Gasteiger partial charge in [-0.2, -0.15) is 0 Å². The van der Waals surface area contributed by atoms with Gasteiger partial charge < -0.3 is 15.4 Å². The SMILES string of the molecule is COc1ccc(NC(=O)C2(C)CCCCN2)cc1F. The van der Waals surface area contributed by atoms with Crippen LogP contribution in [0.2, 0.25) is 0 Å². The molecule has 0 aliphatic carbocycles. The number of hydrogen-bond acceptors (Lipinski definition) is 3. The van der Waals surface area contributed by atoms with Crippen molar-refractivity contribution in [2.45, 2.75) is 31.7 Å². The van der Waals surface area contributed by atoms with Gasteiger partial charge in [-0.3, -0.25) is 4.79 Å².